The molecule has 1 amide bonds. The molecule has 0 spiro atoms. The summed E-state index contributed by atoms with van der Waals surface area (Å²) in [5.41, 5.74) is 3.21. The minimum atomic E-state index is -0.826. The van der Waals surface area contributed by atoms with Gasteiger partial charge in [-0.05, 0) is 49.2 Å². The van der Waals surface area contributed by atoms with E-state index in [9.17, 15) is 4.79 Å². The molecule has 1 aliphatic carbocycles. The van der Waals surface area contributed by atoms with Gasteiger partial charge >= 0.3 is 0 Å². The number of carbonyl (C=O) groups is 1. The lowest BCUT2D eigenvalue weighted by Crippen LogP contribution is -2.51. The van der Waals surface area contributed by atoms with Gasteiger partial charge in [0.15, 0.2) is 5.11 Å². The molecule has 5 nitrogen and oxygen atoms in total. The number of rotatable bonds is 3. The highest BCUT2D eigenvalue weighted by atomic mass is 35.5. The predicted molar refractivity (Wildman–Crippen MR) is 131 cm³/mol. The molecule has 0 aromatic heterocycles. The zero-order valence-corrected chi connectivity index (χ0v) is 19.3. The Bertz CT molecular complexity index is 1010. The van der Waals surface area contributed by atoms with E-state index in [1.165, 1.54) is 12.8 Å². The molecule has 2 aromatic carbocycles. The van der Waals surface area contributed by atoms with Crippen LogP contribution in [-0.2, 0) is 4.79 Å². The summed E-state index contributed by atoms with van der Waals surface area (Å²) in [6.07, 6.45) is 3.80. The molecule has 1 heterocycles. The normalized spacial score (nSPS) is 23.5. The number of carbonyl (C=O) groups excluding carboxylic acids is 1. The van der Waals surface area contributed by atoms with Gasteiger partial charge in [-0.3, -0.25) is 4.79 Å². The van der Waals surface area contributed by atoms with E-state index in [-0.39, 0.29) is 5.91 Å². The lowest BCUT2D eigenvalue weighted by molar-refractivity contribution is -0.119. The van der Waals surface area contributed by atoms with Crippen molar-refractivity contribution in [1.29, 1.82) is 0 Å². The SMILES string of the molecule is CC1CCCC(NC(=S)NC2N=C(c3ccccc3)c3cc(Cl)ccc3N(C)C2=O)C1. The van der Waals surface area contributed by atoms with Crippen molar-refractivity contribution in [1.82, 2.24) is 10.6 Å². The molecule has 3 unspecified atom stereocenters. The fraction of sp³-hybridized carbons (Fsp3) is 0.375. The van der Waals surface area contributed by atoms with Crippen molar-refractivity contribution >= 4 is 46.2 Å². The number of anilines is 1. The lowest BCUT2D eigenvalue weighted by atomic mass is 9.87. The Balaban J connectivity index is 1.65. The summed E-state index contributed by atoms with van der Waals surface area (Å²) >= 11 is 11.9. The van der Waals surface area contributed by atoms with Gasteiger partial charge in [0.1, 0.15) is 0 Å². The van der Waals surface area contributed by atoms with Gasteiger partial charge in [-0.15, -0.1) is 0 Å². The van der Waals surface area contributed by atoms with Crippen LogP contribution in [0, 0.1) is 5.92 Å². The number of hydrogen-bond acceptors (Lipinski definition) is 3. The molecule has 1 fully saturated rings. The Labute approximate surface area is 193 Å². The first-order valence-electron chi connectivity index (χ1n) is 10.7. The second-order valence-electron chi connectivity index (χ2n) is 8.39. The van der Waals surface area contributed by atoms with Gasteiger partial charge in [0.2, 0.25) is 6.17 Å². The van der Waals surface area contributed by atoms with Crippen molar-refractivity contribution in [2.75, 3.05) is 11.9 Å². The second kappa shape index (κ2) is 9.37. The maximum absolute atomic E-state index is 13.3. The third-order valence-electron chi connectivity index (χ3n) is 5.98. The standard InChI is InChI=1S/C24H27ClN4OS/c1-15-7-6-10-18(13-15)26-24(31)28-22-23(30)29(2)20-12-11-17(25)14-19(20)21(27-22)16-8-4-3-5-9-16/h3-5,8-9,11-12,14-15,18,22H,6-7,10,13H2,1-2H3,(H2,26,28,31). The summed E-state index contributed by atoms with van der Waals surface area (Å²) in [5, 5.41) is 7.61. The molecule has 31 heavy (non-hydrogen) atoms. The second-order valence-corrected chi connectivity index (χ2v) is 9.24. The van der Waals surface area contributed by atoms with Crippen LogP contribution in [0.25, 0.3) is 0 Å². The van der Waals surface area contributed by atoms with E-state index in [1.54, 1.807) is 18.0 Å². The average Bonchev–Trinajstić information content (AvgIpc) is 2.85. The van der Waals surface area contributed by atoms with Gasteiger partial charge in [-0.1, -0.05) is 61.7 Å². The van der Waals surface area contributed by atoms with E-state index in [1.807, 2.05) is 42.5 Å². The van der Waals surface area contributed by atoms with E-state index >= 15 is 0 Å². The number of benzene rings is 2. The predicted octanol–water partition coefficient (Wildman–Crippen LogP) is 4.52. The first-order chi connectivity index (χ1) is 14.9. The first-order valence-corrected chi connectivity index (χ1v) is 11.5. The summed E-state index contributed by atoms with van der Waals surface area (Å²) < 4.78 is 0. The summed E-state index contributed by atoms with van der Waals surface area (Å²) in [7, 11) is 1.76. The van der Waals surface area contributed by atoms with Crippen molar-refractivity contribution in [3.63, 3.8) is 0 Å². The number of nitrogens with one attached hydrogen (secondary N) is 2. The van der Waals surface area contributed by atoms with Crippen LogP contribution >= 0.6 is 23.8 Å². The van der Waals surface area contributed by atoms with E-state index in [0.29, 0.717) is 27.8 Å². The molecule has 1 aliphatic heterocycles. The topological polar surface area (TPSA) is 56.7 Å². The molecule has 0 radical (unpaired) electrons. The van der Waals surface area contributed by atoms with Crippen LogP contribution in [0.5, 0.6) is 0 Å². The molecule has 0 saturated heterocycles. The van der Waals surface area contributed by atoms with Crippen LogP contribution in [-0.4, -0.2) is 36.0 Å². The molecule has 7 heteroatoms. The van der Waals surface area contributed by atoms with Crippen LogP contribution in [0.3, 0.4) is 0 Å². The van der Waals surface area contributed by atoms with Crippen LogP contribution in [0.4, 0.5) is 5.69 Å². The Kier molecular flexibility index (Phi) is 6.58. The third kappa shape index (κ3) is 4.91. The number of halogens is 1. The Morgan fingerprint density at radius 1 is 1.16 bits per heavy atom. The van der Waals surface area contributed by atoms with Gasteiger partial charge in [0.05, 0.1) is 11.4 Å². The molecule has 3 atom stereocenters. The number of amides is 1. The number of likely N-dealkylation sites (N-methyl/N-ethyl adjacent to an activating group) is 1. The van der Waals surface area contributed by atoms with Crippen molar-refractivity contribution in [2.45, 2.75) is 44.8 Å². The molecule has 2 aromatic rings. The van der Waals surface area contributed by atoms with E-state index in [4.69, 9.17) is 28.8 Å². The molecule has 0 bridgehead atoms. The van der Waals surface area contributed by atoms with E-state index < -0.39 is 6.17 Å². The lowest BCUT2D eigenvalue weighted by Gasteiger charge is -2.29. The van der Waals surface area contributed by atoms with Gasteiger partial charge in [0, 0.05) is 29.2 Å². The third-order valence-corrected chi connectivity index (χ3v) is 6.46. The average molecular weight is 455 g/mol. The number of nitrogens with zero attached hydrogens (tertiary/aromatic N) is 2. The fourth-order valence-corrected chi connectivity index (χ4v) is 4.83. The van der Waals surface area contributed by atoms with Crippen molar-refractivity contribution in [2.24, 2.45) is 10.9 Å². The number of hydrogen-bond donors (Lipinski definition) is 2. The Hall–Kier alpha value is -2.44. The zero-order chi connectivity index (χ0) is 22.0. The number of benzodiazepines with no additional fused rings is 1. The molecule has 162 valence electrons. The van der Waals surface area contributed by atoms with Crippen LogP contribution in [0.2, 0.25) is 5.02 Å². The minimum absolute atomic E-state index is 0.171. The first kappa shape index (κ1) is 21.8. The molecule has 1 saturated carbocycles. The maximum atomic E-state index is 13.3. The quantitative estimate of drug-likeness (QED) is 0.669. The highest BCUT2D eigenvalue weighted by molar-refractivity contribution is 7.80. The molecular formula is C24H27ClN4OS. The van der Waals surface area contributed by atoms with E-state index in [0.717, 1.165) is 29.7 Å². The van der Waals surface area contributed by atoms with Gasteiger partial charge < -0.3 is 15.5 Å². The van der Waals surface area contributed by atoms with Crippen LogP contribution < -0.4 is 15.5 Å². The fourth-order valence-electron chi connectivity index (χ4n) is 4.38. The summed E-state index contributed by atoms with van der Waals surface area (Å²) in [6, 6.07) is 15.7. The van der Waals surface area contributed by atoms with Crippen LogP contribution in [0.1, 0.15) is 43.7 Å². The Morgan fingerprint density at radius 3 is 2.68 bits per heavy atom. The summed E-state index contributed by atoms with van der Waals surface area (Å²) in [4.78, 5) is 19.7. The number of aliphatic imine (C=N–C) groups is 1. The zero-order valence-electron chi connectivity index (χ0n) is 17.8. The van der Waals surface area contributed by atoms with Gasteiger partial charge in [-0.2, -0.15) is 0 Å². The largest absolute Gasteiger partial charge is 0.360 e. The molecular weight excluding hydrogens is 428 g/mol. The number of thiocarbonyl (C=S) groups is 1. The highest BCUT2D eigenvalue weighted by Gasteiger charge is 2.31. The van der Waals surface area contributed by atoms with Crippen molar-refractivity contribution < 1.29 is 4.79 Å². The monoisotopic (exact) mass is 454 g/mol. The Morgan fingerprint density at radius 2 is 1.94 bits per heavy atom. The van der Waals surface area contributed by atoms with Crippen molar-refractivity contribution in [3.8, 4) is 0 Å². The molecule has 4 rings (SSSR count). The molecule has 2 N–H and O–H groups in total. The number of fused-ring (bicyclic) bond motifs is 1. The van der Waals surface area contributed by atoms with Crippen molar-refractivity contribution in [3.05, 3.63) is 64.7 Å². The summed E-state index contributed by atoms with van der Waals surface area (Å²) in [5.74, 6) is 0.511. The van der Waals surface area contributed by atoms with Gasteiger partial charge in [-0.25, -0.2) is 4.99 Å². The van der Waals surface area contributed by atoms with Crippen LogP contribution in [0.15, 0.2) is 53.5 Å². The summed E-state index contributed by atoms with van der Waals surface area (Å²) in [6.45, 7) is 2.27. The smallest absolute Gasteiger partial charge is 0.272 e. The highest BCUT2D eigenvalue weighted by Crippen LogP contribution is 2.30. The van der Waals surface area contributed by atoms with E-state index in [2.05, 4.69) is 17.6 Å². The minimum Gasteiger partial charge on any atom is -0.360 e. The van der Waals surface area contributed by atoms with Gasteiger partial charge in [0.25, 0.3) is 5.91 Å². The maximum Gasteiger partial charge on any atom is 0.272 e. The molecule has 2 aliphatic rings.